The molecule has 2 aromatic carbocycles. The van der Waals surface area contributed by atoms with Gasteiger partial charge in [-0.1, -0.05) is 42.5 Å². The van der Waals surface area contributed by atoms with Crippen molar-refractivity contribution in [1.82, 2.24) is 4.98 Å². The van der Waals surface area contributed by atoms with Crippen molar-refractivity contribution in [3.63, 3.8) is 0 Å². The normalized spacial score (nSPS) is 20.9. The third kappa shape index (κ3) is 1.71. The van der Waals surface area contributed by atoms with Crippen LogP contribution in [0, 0.1) is 6.92 Å². The lowest BCUT2D eigenvalue weighted by atomic mass is 9.89. The van der Waals surface area contributed by atoms with Gasteiger partial charge in [0.15, 0.2) is 0 Å². The van der Waals surface area contributed by atoms with Gasteiger partial charge in [0.05, 0.1) is 11.0 Å². The fourth-order valence-electron chi connectivity index (χ4n) is 3.12. The molecule has 0 unspecified atom stereocenters. The Labute approximate surface area is 122 Å². The Kier molecular flexibility index (Phi) is 2.61. The molecule has 1 aromatic heterocycles. The van der Waals surface area contributed by atoms with E-state index < -0.39 is 12.2 Å². The zero-order valence-electron chi connectivity index (χ0n) is 11.6. The SMILES string of the molecule is Cc1c2ccccc2nc2c3c(ccc12)[C@H](O)[C@@H](O)C=C3. The molecule has 0 spiro atoms. The van der Waals surface area contributed by atoms with Crippen molar-refractivity contribution >= 4 is 27.9 Å². The summed E-state index contributed by atoms with van der Waals surface area (Å²) < 4.78 is 0. The molecule has 1 aliphatic rings. The second-order valence-electron chi connectivity index (χ2n) is 5.51. The number of para-hydroxylation sites is 1. The van der Waals surface area contributed by atoms with Crippen LogP contribution in [0.2, 0.25) is 0 Å². The highest BCUT2D eigenvalue weighted by Gasteiger charge is 2.24. The molecule has 0 radical (unpaired) electrons. The number of hydrogen-bond acceptors (Lipinski definition) is 3. The fraction of sp³-hybridized carbons (Fsp3) is 0.167. The molecule has 0 saturated heterocycles. The van der Waals surface area contributed by atoms with Crippen LogP contribution in [-0.2, 0) is 0 Å². The maximum absolute atomic E-state index is 10.1. The van der Waals surface area contributed by atoms with Crippen LogP contribution < -0.4 is 0 Å². The molecular formula is C18H15NO2. The molecule has 3 aromatic rings. The second-order valence-corrected chi connectivity index (χ2v) is 5.51. The highest BCUT2D eigenvalue weighted by molar-refractivity contribution is 6.01. The lowest BCUT2D eigenvalue weighted by Crippen LogP contribution is -2.19. The van der Waals surface area contributed by atoms with Gasteiger partial charge in [-0.3, -0.25) is 0 Å². The minimum atomic E-state index is -0.886. The van der Waals surface area contributed by atoms with Crippen LogP contribution in [0.1, 0.15) is 22.8 Å². The van der Waals surface area contributed by atoms with Crippen LogP contribution in [0.4, 0.5) is 0 Å². The standard InChI is InChI=1S/C18H15NO2/c1-10-11-4-2-3-5-15(11)19-17-12(10)6-7-14-13(17)8-9-16(20)18(14)21/h2-9,16,18,20-21H,1H3/t16-,18-/m0/s1. The van der Waals surface area contributed by atoms with Gasteiger partial charge in [-0.25, -0.2) is 4.98 Å². The number of hydrogen-bond donors (Lipinski definition) is 2. The number of nitrogens with zero attached hydrogens (tertiary/aromatic N) is 1. The zero-order chi connectivity index (χ0) is 14.6. The van der Waals surface area contributed by atoms with Crippen LogP contribution in [0.25, 0.3) is 27.9 Å². The topological polar surface area (TPSA) is 53.4 Å². The van der Waals surface area contributed by atoms with Crippen LogP contribution in [0.3, 0.4) is 0 Å². The van der Waals surface area contributed by atoms with Crippen LogP contribution >= 0.6 is 0 Å². The van der Waals surface area contributed by atoms with Gasteiger partial charge in [-0.05, 0) is 24.1 Å². The van der Waals surface area contributed by atoms with Gasteiger partial charge in [-0.15, -0.1) is 0 Å². The van der Waals surface area contributed by atoms with E-state index in [1.54, 1.807) is 6.08 Å². The monoisotopic (exact) mass is 277 g/mol. The van der Waals surface area contributed by atoms with Crippen LogP contribution in [-0.4, -0.2) is 21.3 Å². The summed E-state index contributed by atoms with van der Waals surface area (Å²) in [6.07, 6.45) is 1.74. The second kappa shape index (κ2) is 4.38. The third-order valence-electron chi connectivity index (χ3n) is 4.30. The zero-order valence-corrected chi connectivity index (χ0v) is 11.6. The highest BCUT2D eigenvalue weighted by atomic mass is 16.3. The summed E-state index contributed by atoms with van der Waals surface area (Å²) in [5, 5.41) is 22.1. The lowest BCUT2D eigenvalue weighted by molar-refractivity contribution is 0.0471. The first kappa shape index (κ1) is 12.5. The van der Waals surface area contributed by atoms with Gasteiger partial charge in [0, 0.05) is 16.3 Å². The Hall–Kier alpha value is -2.23. The van der Waals surface area contributed by atoms with E-state index in [2.05, 4.69) is 13.0 Å². The fourth-order valence-corrected chi connectivity index (χ4v) is 3.12. The third-order valence-corrected chi connectivity index (χ3v) is 4.30. The highest BCUT2D eigenvalue weighted by Crippen LogP contribution is 2.35. The minimum absolute atomic E-state index is 0.736. The molecule has 0 aliphatic heterocycles. The lowest BCUT2D eigenvalue weighted by Gasteiger charge is -2.23. The largest absolute Gasteiger partial charge is 0.386 e. The Bertz CT molecular complexity index is 898. The molecule has 104 valence electrons. The molecular weight excluding hydrogens is 262 g/mol. The maximum Gasteiger partial charge on any atom is 0.109 e. The van der Waals surface area contributed by atoms with E-state index in [4.69, 9.17) is 4.98 Å². The number of pyridine rings is 1. The molecule has 3 nitrogen and oxygen atoms in total. The average molecular weight is 277 g/mol. The number of rotatable bonds is 0. The number of aryl methyl sites for hydroxylation is 1. The first-order valence-corrected chi connectivity index (χ1v) is 7.03. The summed E-state index contributed by atoms with van der Waals surface area (Å²) in [5.74, 6) is 0. The quantitative estimate of drug-likeness (QED) is 0.621. The summed E-state index contributed by atoms with van der Waals surface area (Å²) in [6, 6.07) is 11.9. The molecule has 4 rings (SSSR count). The Morgan fingerprint density at radius 3 is 2.67 bits per heavy atom. The summed E-state index contributed by atoms with van der Waals surface area (Å²) in [4.78, 5) is 4.77. The van der Waals surface area contributed by atoms with E-state index >= 15 is 0 Å². The van der Waals surface area contributed by atoms with Gasteiger partial charge < -0.3 is 10.2 Å². The van der Waals surface area contributed by atoms with Crippen molar-refractivity contribution in [2.75, 3.05) is 0 Å². The van der Waals surface area contributed by atoms with Crippen molar-refractivity contribution in [3.8, 4) is 0 Å². The van der Waals surface area contributed by atoms with Crippen molar-refractivity contribution in [3.05, 3.63) is 59.2 Å². The first-order valence-electron chi connectivity index (χ1n) is 7.03. The summed E-state index contributed by atoms with van der Waals surface area (Å²) in [7, 11) is 0. The van der Waals surface area contributed by atoms with E-state index in [-0.39, 0.29) is 0 Å². The van der Waals surface area contributed by atoms with Gasteiger partial charge in [0.2, 0.25) is 0 Å². The number of aromatic nitrogens is 1. The summed E-state index contributed by atoms with van der Waals surface area (Å²) in [5.41, 5.74) is 4.65. The molecule has 3 heteroatoms. The van der Waals surface area contributed by atoms with E-state index in [1.165, 1.54) is 5.56 Å². The van der Waals surface area contributed by atoms with Crippen molar-refractivity contribution in [2.24, 2.45) is 0 Å². The minimum Gasteiger partial charge on any atom is -0.386 e. The van der Waals surface area contributed by atoms with Crippen molar-refractivity contribution < 1.29 is 10.2 Å². The van der Waals surface area contributed by atoms with E-state index in [0.29, 0.717) is 0 Å². The van der Waals surface area contributed by atoms with Gasteiger partial charge >= 0.3 is 0 Å². The van der Waals surface area contributed by atoms with Crippen LogP contribution in [0.15, 0.2) is 42.5 Å². The molecule has 1 heterocycles. The Morgan fingerprint density at radius 1 is 1.00 bits per heavy atom. The summed E-state index contributed by atoms with van der Waals surface area (Å²) in [6.45, 7) is 2.09. The van der Waals surface area contributed by atoms with Gasteiger partial charge in [0.25, 0.3) is 0 Å². The van der Waals surface area contributed by atoms with Crippen LogP contribution in [0.5, 0.6) is 0 Å². The molecule has 2 atom stereocenters. The van der Waals surface area contributed by atoms with Gasteiger partial charge in [-0.2, -0.15) is 0 Å². The number of aliphatic hydroxyl groups excluding tert-OH is 2. The molecule has 0 amide bonds. The molecule has 2 N–H and O–H groups in total. The van der Waals surface area contributed by atoms with Crippen molar-refractivity contribution in [1.29, 1.82) is 0 Å². The summed E-state index contributed by atoms with van der Waals surface area (Å²) >= 11 is 0. The van der Waals surface area contributed by atoms with Crippen molar-refractivity contribution in [2.45, 2.75) is 19.1 Å². The number of aliphatic hydroxyl groups is 2. The smallest absolute Gasteiger partial charge is 0.109 e. The first-order chi connectivity index (χ1) is 10.2. The molecule has 1 aliphatic carbocycles. The Morgan fingerprint density at radius 2 is 1.81 bits per heavy atom. The maximum atomic E-state index is 10.1. The molecule has 0 fully saturated rings. The number of benzene rings is 2. The predicted octanol–water partition coefficient (Wildman–Crippen LogP) is 3.12. The molecule has 0 saturated carbocycles. The van der Waals surface area contributed by atoms with E-state index in [9.17, 15) is 10.2 Å². The van der Waals surface area contributed by atoms with E-state index in [0.717, 1.165) is 32.9 Å². The average Bonchev–Trinajstić information content (AvgIpc) is 2.51. The molecule has 0 bridgehead atoms. The van der Waals surface area contributed by atoms with E-state index in [1.807, 2.05) is 36.4 Å². The number of fused-ring (bicyclic) bond motifs is 4. The van der Waals surface area contributed by atoms with Gasteiger partial charge in [0.1, 0.15) is 12.2 Å². The predicted molar refractivity (Wildman–Crippen MR) is 84.0 cm³/mol. The molecule has 21 heavy (non-hydrogen) atoms. The Balaban J connectivity index is 2.15.